The minimum absolute atomic E-state index is 0.0115. The third kappa shape index (κ3) is 13.5. The van der Waals surface area contributed by atoms with Gasteiger partial charge in [-0.2, -0.15) is 0 Å². The van der Waals surface area contributed by atoms with Gasteiger partial charge in [0.25, 0.3) is 0 Å². The zero-order valence-corrected chi connectivity index (χ0v) is 39.5. The van der Waals surface area contributed by atoms with Crippen molar-refractivity contribution in [2.24, 2.45) is 81.6 Å². The molecular weight excluding hydrogens is 875 g/mol. The second-order valence-electron chi connectivity index (χ2n) is 18.7. The maximum Gasteiger partial charge on any atom is 0.240 e. The monoisotopic (exact) mass is 944 g/mol. The smallest absolute Gasteiger partial charge is 0.240 e. The summed E-state index contributed by atoms with van der Waals surface area (Å²) in [6.45, 7) is 9.59. The van der Waals surface area contributed by atoms with Gasteiger partial charge in [-0.3, -0.25) is 38.4 Å². The van der Waals surface area contributed by atoms with Crippen LogP contribution in [0.4, 0.5) is 0 Å². The molecule has 0 aliphatic rings. The molecule has 18 N–H and O–H groups in total. The summed E-state index contributed by atoms with van der Waals surface area (Å²) in [6.07, 6.45) is 6.79. The number of nitrogens with zero attached hydrogens (tertiary/aromatic N) is 2. The van der Waals surface area contributed by atoms with Crippen LogP contribution in [0.3, 0.4) is 0 Å². The Labute approximate surface area is 395 Å². The highest BCUT2D eigenvalue weighted by Crippen LogP contribution is 2.28. The van der Waals surface area contributed by atoms with Crippen LogP contribution in [0.5, 0.6) is 0 Å². The number of Topliss-reactive ketones (excluding diaryl/α,β-unsaturated/α-hetero) is 6. The largest absolute Gasteiger partial charge is 0.368 e. The van der Waals surface area contributed by atoms with Gasteiger partial charge in [-0.15, -0.1) is 0 Å². The Morgan fingerprint density at radius 2 is 1.21 bits per heavy atom. The number of aromatic nitrogens is 5. The van der Waals surface area contributed by atoms with E-state index >= 15 is 0 Å². The Balaban J connectivity index is 1.56. The number of aromatic amines is 3. The number of nitrogens with one attached hydrogen (secondary N) is 4. The maximum absolute atomic E-state index is 14.7. The molecular formula is C47H69N13O8. The molecule has 370 valence electrons. The molecule has 0 bridgehead atoms. The van der Waals surface area contributed by atoms with Gasteiger partial charge in [0.05, 0.1) is 54.8 Å². The number of hydrogen-bond acceptors (Lipinski definition) is 16. The zero-order valence-electron chi connectivity index (χ0n) is 39.5. The second kappa shape index (κ2) is 24.3. The van der Waals surface area contributed by atoms with Crippen molar-refractivity contribution < 1.29 is 38.4 Å². The summed E-state index contributed by atoms with van der Waals surface area (Å²) >= 11 is 0. The first-order valence-corrected chi connectivity index (χ1v) is 22.8. The third-order valence-corrected chi connectivity index (χ3v) is 12.9. The molecule has 0 aliphatic heterocycles. The number of primary amides is 1. The maximum atomic E-state index is 14.7. The van der Waals surface area contributed by atoms with Crippen molar-refractivity contribution in [1.82, 2.24) is 30.2 Å². The molecule has 2 amide bonds. The number of benzene rings is 1. The summed E-state index contributed by atoms with van der Waals surface area (Å²) < 4.78 is 0. The van der Waals surface area contributed by atoms with E-state index in [4.69, 9.17) is 40.1 Å². The summed E-state index contributed by atoms with van der Waals surface area (Å²) in [4.78, 5) is 126. The Morgan fingerprint density at radius 3 is 1.74 bits per heavy atom. The number of H-pyrrole nitrogens is 3. The number of hydrogen-bond donors (Lipinski definition) is 11. The van der Waals surface area contributed by atoms with Gasteiger partial charge in [-0.25, -0.2) is 9.97 Å². The van der Waals surface area contributed by atoms with E-state index < -0.39 is 131 Å². The summed E-state index contributed by atoms with van der Waals surface area (Å²) in [5.41, 5.74) is 47.0. The number of imidazole rings is 2. The quantitative estimate of drug-likeness (QED) is 0.0318. The third-order valence-electron chi connectivity index (χ3n) is 12.9. The number of para-hydroxylation sites is 1. The highest BCUT2D eigenvalue weighted by Gasteiger charge is 2.45. The van der Waals surface area contributed by atoms with E-state index in [2.05, 4.69) is 30.2 Å². The standard InChI is InChI=1S/C47H69N13O8/c1-21(2)11-34(46(54)67)60-47(68)31(14-27-18-56-20-59-27)39(51)35(62)15-32(48)45(66)36(22(3)4)41(53)42(63)23(5)37(49)43(64)29(12-25-16-57-33-10-8-7-9-28(25)33)40(52)44(65)30(38(50)24(6)61)13-26-17-55-19-58-26/h7-10,16-23,29-32,34,36-41,57H,11-15,48-53H2,1-6H3,(H2,54,67)(H,55,58)(H,56,59)(H,60,68). The van der Waals surface area contributed by atoms with Crippen LogP contribution in [-0.4, -0.2) is 114 Å². The normalized spacial score (nSPS) is 17.2. The van der Waals surface area contributed by atoms with Crippen LogP contribution in [0.1, 0.15) is 71.3 Å². The lowest BCUT2D eigenvalue weighted by Crippen LogP contribution is -2.57. The van der Waals surface area contributed by atoms with Crippen LogP contribution < -0.4 is 45.5 Å². The van der Waals surface area contributed by atoms with E-state index in [1.165, 1.54) is 38.9 Å². The van der Waals surface area contributed by atoms with Crippen molar-refractivity contribution in [3.8, 4) is 0 Å². The van der Waals surface area contributed by atoms with Gasteiger partial charge in [0.15, 0.2) is 28.9 Å². The minimum atomic E-state index is -1.58. The van der Waals surface area contributed by atoms with Gasteiger partial charge >= 0.3 is 0 Å². The van der Waals surface area contributed by atoms with E-state index in [1.54, 1.807) is 26.1 Å². The van der Waals surface area contributed by atoms with Crippen molar-refractivity contribution in [1.29, 1.82) is 0 Å². The molecule has 12 atom stereocenters. The first-order valence-electron chi connectivity index (χ1n) is 22.8. The molecule has 21 nitrogen and oxygen atoms in total. The van der Waals surface area contributed by atoms with Gasteiger partial charge < -0.3 is 60.4 Å². The summed E-state index contributed by atoms with van der Waals surface area (Å²) in [6, 6.07) is -2.74. The fourth-order valence-electron chi connectivity index (χ4n) is 8.72. The number of amides is 2. The Hall–Kier alpha value is -6.10. The molecule has 4 aromatic rings. The second-order valence-corrected chi connectivity index (χ2v) is 18.7. The lowest BCUT2D eigenvalue weighted by molar-refractivity contribution is -0.138. The van der Waals surface area contributed by atoms with E-state index in [0.717, 1.165) is 10.9 Å². The van der Waals surface area contributed by atoms with E-state index in [1.807, 2.05) is 32.0 Å². The van der Waals surface area contributed by atoms with Gasteiger partial charge in [0, 0.05) is 83.8 Å². The molecule has 0 saturated carbocycles. The van der Waals surface area contributed by atoms with Crippen LogP contribution in [0.15, 0.2) is 55.5 Å². The number of carbonyl (C=O) groups excluding carboxylic acids is 8. The SMILES string of the molecule is CC(=O)C(N)C(Cc1cnc[nH]1)C(=O)C(N)C(Cc1c[nH]c2ccccc12)C(=O)C(N)C(C)C(=O)C(N)C(C(=O)C(N)CC(=O)C(N)C(Cc1cnc[nH]1)C(=O)NC(CC(C)C)C(N)=O)C(C)C. The molecule has 4 rings (SSSR count). The Morgan fingerprint density at radius 1 is 0.647 bits per heavy atom. The predicted molar refractivity (Wildman–Crippen MR) is 253 cm³/mol. The minimum Gasteiger partial charge on any atom is -0.368 e. The van der Waals surface area contributed by atoms with Gasteiger partial charge in [0.2, 0.25) is 11.8 Å². The highest BCUT2D eigenvalue weighted by atomic mass is 16.2. The van der Waals surface area contributed by atoms with Crippen molar-refractivity contribution in [2.45, 2.75) is 116 Å². The van der Waals surface area contributed by atoms with Crippen molar-refractivity contribution in [3.63, 3.8) is 0 Å². The molecule has 12 unspecified atom stereocenters. The number of carbonyl (C=O) groups is 8. The summed E-state index contributed by atoms with van der Waals surface area (Å²) in [5.74, 6) is -12.6. The average Bonchev–Trinajstić information content (AvgIpc) is 4.10. The van der Waals surface area contributed by atoms with Gasteiger partial charge in [-0.1, -0.05) is 52.8 Å². The fraction of sp³-hybridized carbons (Fsp3) is 0.532. The number of fused-ring (bicyclic) bond motifs is 1. The van der Waals surface area contributed by atoms with Crippen LogP contribution in [0.2, 0.25) is 0 Å². The molecule has 0 spiro atoms. The zero-order chi connectivity index (χ0) is 50.7. The molecule has 1 aromatic carbocycles. The lowest BCUT2D eigenvalue weighted by atomic mass is 9.73. The lowest BCUT2D eigenvalue weighted by Gasteiger charge is -2.33. The number of ketones is 6. The summed E-state index contributed by atoms with van der Waals surface area (Å²) in [7, 11) is 0. The molecule has 68 heavy (non-hydrogen) atoms. The molecule has 0 fully saturated rings. The Kier molecular flexibility index (Phi) is 19.4. The molecule has 0 radical (unpaired) electrons. The van der Waals surface area contributed by atoms with Crippen molar-refractivity contribution in [2.75, 3.05) is 0 Å². The molecule has 21 heteroatoms. The van der Waals surface area contributed by atoms with Crippen LogP contribution in [-0.2, 0) is 57.6 Å². The molecule has 0 saturated heterocycles. The fourth-order valence-corrected chi connectivity index (χ4v) is 8.72. The first-order chi connectivity index (χ1) is 32.0. The van der Waals surface area contributed by atoms with Crippen LogP contribution >= 0.6 is 0 Å². The molecule has 0 aliphatic carbocycles. The predicted octanol–water partition coefficient (Wildman–Crippen LogP) is -0.797. The molecule has 3 heterocycles. The first kappa shape index (κ1) is 54.5. The number of rotatable bonds is 29. The van der Waals surface area contributed by atoms with E-state index in [9.17, 15) is 38.4 Å². The average molecular weight is 944 g/mol. The topological polar surface area (TPSA) is 404 Å². The number of nitrogens with two attached hydrogens (primary N) is 7. The van der Waals surface area contributed by atoms with Crippen molar-refractivity contribution in [3.05, 3.63) is 72.5 Å². The van der Waals surface area contributed by atoms with E-state index in [-0.39, 0.29) is 31.6 Å². The van der Waals surface area contributed by atoms with Crippen molar-refractivity contribution >= 4 is 57.4 Å². The summed E-state index contributed by atoms with van der Waals surface area (Å²) in [5, 5.41) is 3.36. The molecule has 3 aromatic heterocycles. The van der Waals surface area contributed by atoms with E-state index in [0.29, 0.717) is 17.0 Å². The van der Waals surface area contributed by atoms with Gasteiger partial charge in [-0.05, 0) is 43.2 Å². The van der Waals surface area contributed by atoms with Gasteiger partial charge in [0.1, 0.15) is 11.8 Å². The highest BCUT2D eigenvalue weighted by molar-refractivity contribution is 6.03. The van der Waals surface area contributed by atoms with Crippen LogP contribution in [0, 0.1) is 41.4 Å². The Bertz CT molecular complexity index is 2380. The van der Waals surface area contributed by atoms with Crippen LogP contribution in [0.25, 0.3) is 10.9 Å².